The van der Waals surface area contributed by atoms with Gasteiger partial charge in [-0.15, -0.1) is 11.3 Å². The van der Waals surface area contributed by atoms with Gasteiger partial charge in [0.25, 0.3) is 0 Å². The van der Waals surface area contributed by atoms with Crippen LogP contribution in [0.3, 0.4) is 0 Å². The minimum Gasteiger partial charge on any atom is -0.478 e. The van der Waals surface area contributed by atoms with Crippen LogP contribution in [-0.2, 0) is 0 Å². The third-order valence-electron chi connectivity index (χ3n) is 2.37. The van der Waals surface area contributed by atoms with Crippen molar-refractivity contribution >= 4 is 27.5 Å². The Morgan fingerprint density at radius 3 is 2.94 bits per heavy atom. The van der Waals surface area contributed by atoms with Gasteiger partial charge in [-0.1, -0.05) is 0 Å². The number of carboxylic acid groups (broad SMARTS) is 1. The van der Waals surface area contributed by atoms with E-state index in [0.29, 0.717) is 11.3 Å². The molecule has 84 valence electrons. The average molecular weight is 245 g/mol. The Hall–Kier alpha value is -2.14. The fourth-order valence-electron chi connectivity index (χ4n) is 1.57. The van der Waals surface area contributed by atoms with Crippen molar-refractivity contribution in [1.29, 1.82) is 0 Å². The first-order valence-electron chi connectivity index (χ1n) is 4.92. The summed E-state index contributed by atoms with van der Waals surface area (Å²) >= 11 is 1.48. The molecule has 0 spiro atoms. The minimum absolute atomic E-state index is 0.244. The van der Waals surface area contributed by atoms with E-state index in [1.54, 1.807) is 30.5 Å². The number of furan rings is 1. The van der Waals surface area contributed by atoms with E-state index in [1.807, 2.05) is 6.07 Å². The summed E-state index contributed by atoms with van der Waals surface area (Å²) in [4.78, 5) is 15.2. The van der Waals surface area contributed by atoms with Crippen LogP contribution in [0.25, 0.3) is 21.0 Å². The first-order valence-corrected chi connectivity index (χ1v) is 5.73. The number of rotatable bonds is 2. The maximum Gasteiger partial charge on any atom is 0.335 e. The van der Waals surface area contributed by atoms with E-state index in [4.69, 9.17) is 9.52 Å². The fraction of sp³-hybridized carbons (Fsp3) is 0. The summed E-state index contributed by atoms with van der Waals surface area (Å²) in [6, 6.07) is 8.54. The molecule has 2 heterocycles. The molecule has 1 aromatic carbocycles. The summed E-state index contributed by atoms with van der Waals surface area (Å²) in [5.74, 6) is -0.248. The van der Waals surface area contributed by atoms with Crippen molar-refractivity contribution in [2.45, 2.75) is 0 Å². The monoisotopic (exact) mass is 245 g/mol. The molecule has 0 unspecified atom stereocenters. The summed E-state index contributed by atoms with van der Waals surface area (Å²) in [5, 5.41) is 9.65. The lowest BCUT2D eigenvalue weighted by Crippen LogP contribution is -1.94. The van der Waals surface area contributed by atoms with Crippen LogP contribution in [0.5, 0.6) is 0 Å². The Balaban J connectivity index is 2.16. The number of fused-ring (bicyclic) bond motifs is 1. The number of carbonyl (C=O) groups is 1. The molecule has 2 aromatic heterocycles. The Morgan fingerprint density at radius 2 is 2.24 bits per heavy atom. The molecule has 3 aromatic rings. The molecule has 0 radical (unpaired) electrons. The molecule has 5 heteroatoms. The predicted octanol–water partition coefficient (Wildman–Crippen LogP) is 3.25. The van der Waals surface area contributed by atoms with Crippen LogP contribution in [-0.4, -0.2) is 16.1 Å². The number of hydrogen-bond donors (Lipinski definition) is 1. The van der Waals surface area contributed by atoms with E-state index in [1.165, 1.54) is 11.3 Å². The number of carboxylic acids is 1. The van der Waals surface area contributed by atoms with Crippen LogP contribution in [0.4, 0.5) is 0 Å². The van der Waals surface area contributed by atoms with Crippen LogP contribution in [0.15, 0.2) is 41.0 Å². The lowest BCUT2D eigenvalue weighted by Gasteiger charge is -1.91. The smallest absolute Gasteiger partial charge is 0.335 e. The maximum atomic E-state index is 10.8. The van der Waals surface area contributed by atoms with Crippen LogP contribution in [0.2, 0.25) is 0 Å². The molecular weight excluding hydrogens is 238 g/mol. The molecule has 0 saturated heterocycles. The van der Waals surface area contributed by atoms with Crippen LogP contribution >= 0.6 is 11.3 Å². The average Bonchev–Trinajstić information content (AvgIpc) is 2.96. The number of aromatic carboxylic acids is 1. The number of benzene rings is 1. The van der Waals surface area contributed by atoms with Crippen molar-refractivity contribution in [3.63, 3.8) is 0 Å². The maximum absolute atomic E-state index is 10.8. The first kappa shape index (κ1) is 10.0. The van der Waals surface area contributed by atoms with Gasteiger partial charge < -0.3 is 9.52 Å². The highest BCUT2D eigenvalue weighted by molar-refractivity contribution is 7.21. The second-order valence-electron chi connectivity index (χ2n) is 3.48. The normalized spacial score (nSPS) is 10.8. The summed E-state index contributed by atoms with van der Waals surface area (Å²) in [6.07, 6.45) is 1.59. The SMILES string of the molecule is O=C(O)c1ccc2sc(-c3ccco3)nc2c1. The van der Waals surface area contributed by atoms with Crippen LogP contribution in [0.1, 0.15) is 10.4 Å². The molecule has 0 fully saturated rings. The quantitative estimate of drug-likeness (QED) is 0.752. The van der Waals surface area contributed by atoms with Gasteiger partial charge in [-0.05, 0) is 30.3 Å². The van der Waals surface area contributed by atoms with Gasteiger partial charge in [-0.3, -0.25) is 0 Å². The number of hydrogen-bond acceptors (Lipinski definition) is 4. The molecule has 0 bridgehead atoms. The summed E-state index contributed by atoms with van der Waals surface area (Å²) in [5.41, 5.74) is 0.926. The van der Waals surface area contributed by atoms with Crippen molar-refractivity contribution in [2.24, 2.45) is 0 Å². The van der Waals surface area contributed by atoms with E-state index in [2.05, 4.69) is 4.98 Å². The van der Waals surface area contributed by atoms with Crippen molar-refractivity contribution in [3.05, 3.63) is 42.2 Å². The van der Waals surface area contributed by atoms with E-state index in [9.17, 15) is 4.79 Å². The Bertz CT molecular complexity index is 685. The second kappa shape index (κ2) is 3.71. The zero-order chi connectivity index (χ0) is 11.8. The molecule has 3 rings (SSSR count). The topological polar surface area (TPSA) is 63.3 Å². The zero-order valence-electron chi connectivity index (χ0n) is 8.58. The Labute approximate surface area is 100 Å². The van der Waals surface area contributed by atoms with Gasteiger partial charge in [0.05, 0.1) is 22.0 Å². The highest BCUT2D eigenvalue weighted by Crippen LogP contribution is 2.30. The van der Waals surface area contributed by atoms with E-state index in [0.717, 1.165) is 9.71 Å². The molecule has 0 aliphatic heterocycles. The second-order valence-corrected chi connectivity index (χ2v) is 4.51. The number of thiazole rings is 1. The molecule has 0 aliphatic carbocycles. The predicted molar refractivity (Wildman–Crippen MR) is 64.3 cm³/mol. The molecule has 0 amide bonds. The first-order chi connectivity index (χ1) is 8.24. The standard InChI is InChI=1S/C12H7NO3S/c14-12(15)7-3-4-10-8(6-7)13-11(17-10)9-2-1-5-16-9/h1-6H,(H,14,15). The highest BCUT2D eigenvalue weighted by atomic mass is 32.1. The lowest BCUT2D eigenvalue weighted by molar-refractivity contribution is 0.0697. The Morgan fingerprint density at radius 1 is 1.35 bits per heavy atom. The van der Waals surface area contributed by atoms with Crippen molar-refractivity contribution < 1.29 is 14.3 Å². The largest absolute Gasteiger partial charge is 0.478 e. The third-order valence-corrected chi connectivity index (χ3v) is 3.42. The van der Waals surface area contributed by atoms with E-state index >= 15 is 0 Å². The molecular formula is C12H7NO3S. The zero-order valence-corrected chi connectivity index (χ0v) is 9.40. The van der Waals surface area contributed by atoms with E-state index in [-0.39, 0.29) is 5.56 Å². The Kier molecular flexibility index (Phi) is 2.19. The van der Waals surface area contributed by atoms with Gasteiger partial charge in [-0.2, -0.15) is 0 Å². The van der Waals surface area contributed by atoms with Crippen molar-refractivity contribution in [1.82, 2.24) is 4.98 Å². The van der Waals surface area contributed by atoms with Crippen molar-refractivity contribution in [3.8, 4) is 10.8 Å². The number of nitrogens with zero attached hydrogens (tertiary/aromatic N) is 1. The molecule has 0 atom stereocenters. The van der Waals surface area contributed by atoms with Gasteiger partial charge in [0.1, 0.15) is 0 Å². The summed E-state index contributed by atoms with van der Waals surface area (Å²) in [6.45, 7) is 0. The molecule has 0 saturated carbocycles. The molecule has 17 heavy (non-hydrogen) atoms. The van der Waals surface area contributed by atoms with Gasteiger partial charge >= 0.3 is 5.97 Å². The number of aromatic nitrogens is 1. The van der Waals surface area contributed by atoms with Gasteiger partial charge in [-0.25, -0.2) is 9.78 Å². The third kappa shape index (κ3) is 1.70. The van der Waals surface area contributed by atoms with Crippen molar-refractivity contribution in [2.75, 3.05) is 0 Å². The minimum atomic E-state index is -0.945. The van der Waals surface area contributed by atoms with E-state index < -0.39 is 5.97 Å². The van der Waals surface area contributed by atoms with Gasteiger partial charge in [0.2, 0.25) is 0 Å². The fourth-order valence-corrected chi connectivity index (χ4v) is 2.48. The summed E-state index contributed by atoms with van der Waals surface area (Å²) in [7, 11) is 0. The molecule has 4 nitrogen and oxygen atoms in total. The van der Waals surface area contributed by atoms with Crippen LogP contribution in [0, 0.1) is 0 Å². The van der Waals surface area contributed by atoms with Gasteiger partial charge in [0, 0.05) is 0 Å². The summed E-state index contributed by atoms with van der Waals surface area (Å²) < 4.78 is 6.20. The molecule has 0 aliphatic rings. The lowest BCUT2D eigenvalue weighted by atomic mass is 10.2. The molecule has 1 N–H and O–H groups in total. The van der Waals surface area contributed by atoms with Gasteiger partial charge in [0.15, 0.2) is 10.8 Å². The van der Waals surface area contributed by atoms with Crippen LogP contribution < -0.4 is 0 Å². The highest BCUT2D eigenvalue weighted by Gasteiger charge is 2.10.